The van der Waals surface area contributed by atoms with Crippen LogP contribution < -0.4 is 10.2 Å². The summed E-state index contributed by atoms with van der Waals surface area (Å²) in [6.45, 7) is 0.0289. The number of amides is 4. The summed E-state index contributed by atoms with van der Waals surface area (Å²) in [5, 5.41) is 13.6. The Balaban J connectivity index is 1.64. The van der Waals surface area contributed by atoms with E-state index in [9.17, 15) is 32.9 Å². The number of piperazine rings is 1. The van der Waals surface area contributed by atoms with Gasteiger partial charge in [0.25, 0.3) is 5.69 Å². The van der Waals surface area contributed by atoms with Crippen LogP contribution in [-0.4, -0.2) is 73.1 Å². The molecule has 3 heterocycles. The first-order valence-electron chi connectivity index (χ1n) is 10.8. The molecular formula is C22H21N5O7S. The van der Waals surface area contributed by atoms with E-state index in [4.69, 9.17) is 0 Å². The highest BCUT2D eigenvalue weighted by molar-refractivity contribution is 7.89. The minimum Gasteiger partial charge on any atom is -0.364 e. The summed E-state index contributed by atoms with van der Waals surface area (Å²) >= 11 is 0. The van der Waals surface area contributed by atoms with Crippen molar-refractivity contribution in [3.63, 3.8) is 0 Å². The Bertz CT molecular complexity index is 1380. The lowest BCUT2D eigenvalue weighted by atomic mass is 9.68. The number of hydrogen-bond acceptors (Lipinski definition) is 8. The third kappa shape index (κ3) is 3.30. The monoisotopic (exact) mass is 499 g/mol. The predicted molar refractivity (Wildman–Crippen MR) is 122 cm³/mol. The van der Waals surface area contributed by atoms with Crippen LogP contribution in [-0.2, 0) is 26.0 Å². The summed E-state index contributed by atoms with van der Waals surface area (Å²) in [6.07, 6.45) is -0.216. The maximum Gasteiger partial charge on any atom is 0.330 e. The summed E-state index contributed by atoms with van der Waals surface area (Å²) in [4.78, 5) is 52.5. The molecule has 2 fully saturated rings. The number of rotatable bonds is 3. The fraction of sp³-hybridized carbons (Fsp3) is 0.318. The third-order valence-corrected chi connectivity index (χ3v) is 8.84. The van der Waals surface area contributed by atoms with Gasteiger partial charge in [-0.2, -0.15) is 4.31 Å². The summed E-state index contributed by atoms with van der Waals surface area (Å²) in [7, 11) is -2.69. The number of barbiturate groups is 1. The van der Waals surface area contributed by atoms with E-state index in [1.807, 2.05) is 0 Å². The maximum absolute atomic E-state index is 13.5. The van der Waals surface area contributed by atoms with Crippen molar-refractivity contribution in [1.82, 2.24) is 14.5 Å². The molecule has 35 heavy (non-hydrogen) atoms. The smallest absolute Gasteiger partial charge is 0.330 e. The predicted octanol–water partition coefficient (Wildman–Crippen LogP) is 0.725. The molecule has 1 spiro atoms. The standard InChI is InChI=1S/C22H21N5O7S/c1-24-20(29)22(19(28)23-21(24)30)12-14-11-15(27(31)32)7-8-17(14)26-10-9-25(13-18(22)26)35(33,34)16-5-3-2-4-6-16/h2-8,11,18H,9-10,12-13H2,1H3,(H,23,28,30). The molecule has 4 amide bonds. The third-order valence-electron chi connectivity index (χ3n) is 6.96. The molecule has 5 rings (SSSR count). The van der Waals surface area contributed by atoms with Crippen molar-refractivity contribution < 1.29 is 27.7 Å². The van der Waals surface area contributed by atoms with Crippen LogP contribution in [0.25, 0.3) is 0 Å². The van der Waals surface area contributed by atoms with E-state index in [0.29, 0.717) is 11.3 Å². The quantitative estimate of drug-likeness (QED) is 0.369. The lowest BCUT2D eigenvalue weighted by molar-refractivity contribution is -0.384. The number of nitro groups is 1. The Labute approximate surface area is 200 Å². The topological polar surface area (TPSA) is 150 Å². The highest BCUT2D eigenvalue weighted by atomic mass is 32.2. The van der Waals surface area contributed by atoms with Crippen LogP contribution in [0.3, 0.4) is 0 Å². The van der Waals surface area contributed by atoms with E-state index in [1.165, 1.54) is 35.6 Å². The molecule has 0 radical (unpaired) electrons. The van der Waals surface area contributed by atoms with Crippen molar-refractivity contribution in [3.05, 3.63) is 64.2 Å². The van der Waals surface area contributed by atoms with Gasteiger partial charge in [-0.15, -0.1) is 0 Å². The zero-order valence-corrected chi connectivity index (χ0v) is 19.4. The zero-order valence-electron chi connectivity index (χ0n) is 18.6. The van der Waals surface area contributed by atoms with Crippen LogP contribution in [0.15, 0.2) is 53.4 Å². The number of anilines is 1. The van der Waals surface area contributed by atoms with Crippen molar-refractivity contribution in [1.29, 1.82) is 0 Å². The van der Waals surface area contributed by atoms with Crippen molar-refractivity contribution in [2.45, 2.75) is 17.4 Å². The van der Waals surface area contributed by atoms with Gasteiger partial charge >= 0.3 is 6.03 Å². The average Bonchev–Trinajstić information content (AvgIpc) is 2.86. The molecule has 12 nitrogen and oxygen atoms in total. The normalized spacial score (nSPS) is 24.7. The largest absolute Gasteiger partial charge is 0.364 e. The van der Waals surface area contributed by atoms with Gasteiger partial charge in [0, 0.05) is 50.9 Å². The Hall–Kier alpha value is -3.84. The number of fused-ring (bicyclic) bond motifs is 4. The van der Waals surface area contributed by atoms with Gasteiger partial charge in [-0.1, -0.05) is 18.2 Å². The van der Waals surface area contributed by atoms with E-state index in [0.717, 1.165) is 4.90 Å². The number of nitrogens with zero attached hydrogens (tertiary/aromatic N) is 4. The van der Waals surface area contributed by atoms with E-state index in [-0.39, 0.29) is 36.6 Å². The first kappa shape index (κ1) is 22.9. The minimum atomic E-state index is -3.93. The molecule has 13 heteroatoms. The molecule has 1 N–H and O–H groups in total. The number of carbonyl (C=O) groups excluding carboxylic acids is 3. The Morgan fingerprint density at radius 2 is 1.80 bits per heavy atom. The molecule has 0 bridgehead atoms. The van der Waals surface area contributed by atoms with E-state index >= 15 is 0 Å². The molecular weight excluding hydrogens is 478 g/mol. The second kappa shape index (κ2) is 7.85. The first-order valence-corrected chi connectivity index (χ1v) is 12.2. The highest BCUT2D eigenvalue weighted by Crippen LogP contribution is 2.46. The number of urea groups is 1. The molecule has 2 aromatic carbocycles. The lowest BCUT2D eigenvalue weighted by Crippen LogP contribution is -2.74. The van der Waals surface area contributed by atoms with Gasteiger partial charge in [0.05, 0.1) is 15.9 Å². The number of sulfonamides is 1. The SMILES string of the molecule is CN1C(=O)NC(=O)C2(Cc3cc([N+](=O)[O-])ccc3N3CCN(S(=O)(=O)c4ccccc4)CC32)C1=O. The number of hydrogen-bond donors (Lipinski definition) is 1. The fourth-order valence-corrected chi connectivity index (χ4v) is 6.64. The Morgan fingerprint density at radius 3 is 2.49 bits per heavy atom. The fourth-order valence-electron chi connectivity index (χ4n) is 5.18. The highest BCUT2D eigenvalue weighted by Gasteiger charge is 2.63. The minimum absolute atomic E-state index is 0.0742. The van der Waals surface area contributed by atoms with Crippen LogP contribution in [0, 0.1) is 15.5 Å². The molecule has 3 aliphatic rings. The second-order valence-corrected chi connectivity index (χ2v) is 10.7. The number of benzene rings is 2. The lowest BCUT2D eigenvalue weighted by Gasteiger charge is -2.54. The summed E-state index contributed by atoms with van der Waals surface area (Å²) < 4.78 is 28.0. The number of carbonyl (C=O) groups is 3. The molecule has 0 aromatic heterocycles. The van der Waals surface area contributed by atoms with Crippen LogP contribution in [0.4, 0.5) is 16.2 Å². The van der Waals surface area contributed by atoms with Crippen molar-refractivity contribution in [2.75, 3.05) is 31.6 Å². The molecule has 0 aliphatic carbocycles. The van der Waals surface area contributed by atoms with Gasteiger partial charge < -0.3 is 4.90 Å². The zero-order chi connectivity index (χ0) is 25.1. The average molecular weight is 500 g/mol. The van der Waals surface area contributed by atoms with Crippen LogP contribution >= 0.6 is 0 Å². The molecule has 0 saturated carbocycles. The van der Waals surface area contributed by atoms with Crippen molar-refractivity contribution >= 4 is 39.2 Å². The number of imide groups is 2. The Morgan fingerprint density at radius 1 is 1.09 bits per heavy atom. The van der Waals surface area contributed by atoms with E-state index < -0.39 is 44.2 Å². The summed E-state index contributed by atoms with van der Waals surface area (Å²) in [5.74, 6) is -1.63. The Kier molecular flexibility index (Phi) is 5.14. The molecule has 2 atom stereocenters. The van der Waals surface area contributed by atoms with Crippen LogP contribution in [0.1, 0.15) is 5.56 Å². The van der Waals surface area contributed by atoms with Gasteiger partial charge in [0.15, 0.2) is 5.41 Å². The first-order chi connectivity index (χ1) is 16.6. The van der Waals surface area contributed by atoms with Gasteiger partial charge in [-0.25, -0.2) is 13.2 Å². The van der Waals surface area contributed by atoms with Gasteiger partial charge in [0.2, 0.25) is 21.8 Å². The maximum atomic E-state index is 13.5. The molecule has 2 saturated heterocycles. The van der Waals surface area contributed by atoms with Gasteiger partial charge in [0.1, 0.15) is 0 Å². The number of nitro benzene ring substituents is 1. The summed E-state index contributed by atoms with van der Waals surface area (Å²) in [5.41, 5.74) is -1.06. The van der Waals surface area contributed by atoms with Gasteiger partial charge in [-0.3, -0.25) is 29.9 Å². The second-order valence-electron chi connectivity index (χ2n) is 8.73. The van der Waals surface area contributed by atoms with Gasteiger partial charge in [-0.05, 0) is 23.8 Å². The molecule has 2 aromatic rings. The number of nitrogens with one attached hydrogen (secondary N) is 1. The van der Waals surface area contributed by atoms with E-state index in [2.05, 4.69) is 5.32 Å². The number of non-ortho nitro benzene ring substituents is 1. The molecule has 182 valence electrons. The molecule has 2 unspecified atom stereocenters. The van der Waals surface area contributed by atoms with Crippen LogP contribution in [0.5, 0.6) is 0 Å². The van der Waals surface area contributed by atoms with Crippen LogP contribution in [0.2, 0.25) is 0 Å². The van der Waals surface area contributed by atoms with E-state index in [1.54, 1.807) is 29.2 Å². The van der Waals surface area contributed by atoms with Crippen molar-refractivity contribution in [2.24, 2.45) is 5.41 Å². The summed E-state index contributed by atoms with van der Waals surface area (Å²) in [6, 6.07) is 10.2. The molecule has 3 aliphatic heterocycles. The van der Waals surface area contributed by atoms with Crippen molar-refractivity contribution in [3.8, 4) is 0 Å².